The summed E-state index contributed by atoms with van der Waals surface area (Å²) in [7, 11) is 0. The number of anilines is 2. The molecule has 0 aliphatic carbocycles. The number of hydrogen-bond donors (Lipinski definition) is 3. The predicted octanol–water partition coefficient (Wildman–Crippen LogP) is 7.31. The Morgan fingerprint density at radius 1 is 0.627 bits per heavy atom. The molecule has 260 valence electrons. The number of ether oxygens (including phenoxy) is 2. The zero-order valence-electron chi connectivity index (χ0n) is 28.0. The van der Waals surface area contributed by atoms with E-state index in [-0.39, 0.29) is 25.0 Å². The molecule has 0 radical (unpaired) electrons. The Morgan fingerprint density at radius 3 is 1.69 bits per heavy atom. The van der Waals surface area contributed by atoms with E-state index in [1.807, 2.05) is 109 Å². The minimum Gasteiger partial charge on any atom is -0.445 e. The molecule has 2 atom stereocenters. The lowest BCUT2D eigenvalue weighted by Crippen LogP contribution is -2.43. The molecule has 4 aromatic carbocycles. The molecule has 1 aromatic heterocycles. The van der Waals surface area contributed by atoms with Crippen molar-refractivity contribution < 1.29 is 28.7 Å². The van der Waals surface area contributed by atoms with Crippen LogP contribution in [-0.4, -0.2) is 64.0 Å². The van der Waals surface area contributed by atoms with Crippen molar-refractivity contribution in [2.45, 2.75) is 51.0 Å². The molecule has 3 N–H and O–H groups in total. The zero-order valence-corrected chi connectivity index (χ0v) is 28.0. The summed E-state index contributed by atoms with van der Waals surface area (Å²) in [4.78, 5) is 58.5. The van der Waals surface area contributed by atoms with Crippen molar-refractivity contribution in [1.82, 2.24) is 14.8 Å². The summed E-state index contributed by atoms with van der Waals surface area (Å²) < 4.78 is 11.0. The quantitative estimate of drug-likeness (QED) is 0.149. The number of hydrogen-bond acceptors (Lipinski definition) is 6. The Hall–Kier alpha value is -6.10. The van der Waals surface area contributed by atoms with Gasteiger partial charge in [0.1, 0.15) is 25.3 Å². The highest BCUT2D eigenvalue weighted by Crippen LogP contribution is 2.29. The highest BCUT2D eigenvalue weighted by molar-refractivity contribution is 5.99. The molecule has 0 spiro atoms. The Balaban J connectivity index is 0.939. The number of carbonyl (C=O) groups excluding carboxylic acids is 4. The minimum atomic E-state index is -0.604. The average Bonchev–Trinajstić information content (AvgIpc) is 3.94. The van der Waals surface area contributed by atoms with Crippen molar-refractivity contribution in [1.29, 1.82) is 0 Å². The molecule has 2 fully saturated rings. The first kappa shape index (κ1) is 33.4. The number of H-pyrrole nitrogens is 1. The third kappa shape index (κ3) is 7.88. The molecule has 2 aliphatic heterocycles. The van der Waals surface area contributed by atoms with E-state index in [2.05, 4.69) is 15.6 Å². The van der Waals surface area contributed by atoms with Gasteiger partial charge in [0.15, 0.2) is 0 Å². The number of aromatic nitrogens is 1. The average molecular weight is 686 g/mol. The van der Waals surface area contributed by atoms with Crippen LogP contribution in [0.4, 0.5) is 21.0 Å². The molecule has 2 aliphatic rings. The van der Waals surface area contributed by atoms with Crippen molar-refractivity contribution in [3.8, 4) is 11.3 Å². The van der Waals surface area contributed by atoms with Gasteiger partial charge in [-0.3, -0.25) is 19.4 Å². The van der Waals surface area contributed by atoms with Gasteiger partial charge in [-0.15, -0.1) is 0 Å². The number of aromatic amines is 1. The van der Waals surface area contributed by atoms with Gasteiger partial charge in [-0.1, -0.05) is 78.9 Å². The van der Waals surface area contributed by atoms with E-state index in [1.54, 1.807) is 0 Å². The summed E-state index contributed by atoms with van der Waals surface area (Å²) in [5.74, 6) is -0.500. The van der Waals surface area contributed by atoms with Gasteiger partial charge >= 0.3 is 12.2 Å². The van der Waals surface area contributed by atoms with Crippen molar-refractivity contribution in [2.75, 3.05) is 23.7 Å². The number of nitrogens with one attached hydrogen (secondary N) is 3. The Bertz CT molecular complexity index is 2010. The third-order valence-corrected chi connectivity index (χ3v) is 9.34. The van der Waals surface area contributed by atoms with E-state index in [1.165, 1.54) is 9.80 Å². The summed E-state index contributed by atoms with van der Waals surface area (Å²) >= 11 is 0. The molecule has 7 rings (SSSR count). The molecule has 11 nitrogen and oxygen atoms in total. The van der Waals surface area contributed by atoms with Gasteiger partial charge in [0, 0.05) is 41.1 Å². The second-order valence-electron chi connectivity index (χ2n) is 12.8. The highest BCUT2D eigenvalue weighted by atomic mass is 16.6. The third-order valence-electron chi connectivity index (χ3n) is 9.34. The second kappa shape index (κ2) is 15.2. The van der Waals surface area contributed by atoms with Crippen LogP contribution < -0.4 is 10.6 Å². The summed E-state index contributed by atoms with van der Waals surface area (Å²) in [5.41, 5.74) is 5.65. The van der Waals surface area contributed by atoms with Crippen LogP contribution in [0, 0.1) is 0 Å². The Labute approximate surface area is 295 Å². The smallest absolute Gasteiger partial charge is 0.410 e. The van der Waals surface area contributed by atoms with Gasteiger partial charge < -0.3 is 25.1 Å². The molecule has 5 aromatic rings. The lowest BCUT2D eigenvalue weighted by Gasteiger charge is -2.23. The Kier molecular flexibility index (Phi) is 9.96. The van der Waals surface area contributed by atoms with Gasteiger partial charge in [0.25, 0.3) is 0 Å². The van der Waals surface area contributed by atoms with Crippen molar-refractivity contribution in [3.05, 3.63) is 120 Å². The molecule has 0 bridgehead atoms. The molecule has 2 saturated heterocycles. The molecular weight excluding hydrogens is 646 g/mol. The van der Waals surface area contributed by atoms with E-state index < -0.39 is 24.3 Å². The molecule has 11 heteroatoms. The number of rotatable bonds is 9. The first-order valence-corrected chi connectivity index (χ1v) is 17.2. The van der Waals surface area contributed by atoms with Gasteiger partial charge in [-0.05, 0) is 72.7 Å². The van der Waals surface area contributed by atoms with Crippen LogP contribution in [0.2, 0.25) is 0 Å². The van der Waals surface area contributed by atoms with E-state index in [0.29, 0.717) is 37.3 Å². The molecule has 4 amide bonds. The largest absolute Gasteiger partial charge is 0.445 e. The van der Waals surface area contributed by atoms with Crippen LogP contribution in [0.5, 0.6) is 0 Å². The minimum absolute atomic E-state index is 0.154. The maximum atomic E-state index is 13.3. The first-order chi connectivity index (χ1) is 24.9. The van der Waals surface area contributed by atoms with E-state index in [4.69, 9.17) is 9.47 Å². The summed E-state index contributed by atoms with van der Waals surface area (Å²) in [6.07, 6.45) is 1.61. The lowest BCUT2D eigenvalue weighted by molar-refractivity contribution is -0.120. The first-order valence-electron chi connectivity index (χ1n) is 17.2. The number of fused-ring (bicyclic) bond motifs is 1. The molecule has 3 heterocycles. The van der Waals surface area contributed by atoms with E-state index >= 15 is 0 Å². The van der Waals surface area contributed by atoms with E-state index in [9.17, 15) is 19.2 Å². The lowest BCUT2D eigenvalue weighted by atomic mass is 10.1. The topological polar surface area (TPSA) is 133 Å². The van der Waals surface area contributed by atoms with Crippen LogP contribution in [-0.2, 0) is 32.3 Å². The SMILES string of the molecule is O=C(Nc1ccc(-c2cc3ccc(NC(=O)[C@@H]4CCCN4C(=O)OCc4ccccc4)cc3[nH]2)cc1)[C@@H]1CCCN1C(=O)OCc1ccccc1. The molecule has 0 saturated carbocycles. The van der Waals surface area contributed by atoms with E-state index in [0.717, 1.165) is 46.1 Å². The summed E-state index contributed by atoms with van der Waals surface area (Å²) in [6, 6.07) is 32.9. The van der Waals surface area contributed by atoms with Gasteiger partial charge in [-0.2, -0.15) is 0 Å². The standard InChI is InChI=1S/C40H39N5O6/c46-37(35-13-7-21-44(35)39(48)50-25-27-9-3-1-4-10-27)41-31-18-15-29(16-19-31)33-23-30-17-20-32(24-34(30)43-33)42-38(47)36-14-8-22-45(36)40(49)51-26-28-11-5-2-6-12-28/h1-6,9-12,15-20,23-24,35-36,43H,7-8,13-14,21-22,25-26H2,(H,41,46)(H,42,47)/t35-,36-/m0/s1. The van der Waals surface area contributed by atoms with Crippen molar-refractivity contribution in [2.24, 2.45) is 0 Å². The fraction of sp³-hybridized carbons (Fsp3) is 0.250. The monoisotopic (exact) mass is 685 g/mol. The summed E-state index contributed by atoms with van der Waals surface area (Å²) in [5, 5.41) is 6.89. The predicted molar refractivity (Wildman–Crippen MR) is 194 cm³/mol. The van der Waals surface area contributed by atoms with Crippen molar-refractivity contribution >= 4 is 46.3 Å². The van der Waals surface area contributed by atoms with Crippen LogP contribution in [0.15, 0.2) is 109 Å². The normalized spacial score (nSPS) is 16.9. The maximum absolute atomic E-state index is 13.3. The number of amides is 4. The molecule has 51 heavy (non-hydrogen) atoms. The molecule has 0 unspecified atom stereocenters. The van der Waals surface area contributed by atoms with Crippen LogP contribution in [0.1, 0.15) is 36.8 Å². The second-order valence-corrected chi connectivity index (χ2v) is 12.8. The Morgan fingerprint density at radius 2 is 1.14 bits per heavy atom. The summed E-state index contributed by atoms with van der Waals surface area (Å²) in [6.45, 7) is 1.25. The van der Waals surface area contributed by atoms with Gasteiger partial charge in [0.2, 0.25) is 11.8 Å². The zero-order chi connectivity index (χ0) is 35.2. The fourth-order valence-corrected chi connectivity index (χ4v) is 6.66. The van der Waals surface area contributed by atoms with Crippen LogP contribution >= 0.6 is 0 Å². The van der Waals surface area contributed by atoms with Crippen molar-refractivity contribution in [3.63, 3.8) is 0 Å². The van der Waals surface area contributed by atoms with Gasteiger partial charge in [-0.25, -0.2) is 9.59 Å². The number of carbonyl (C=O) groups is 4. The van der Waals surface area contributed by atoms with Crippen LogP contribution in [0.25, 0.3) is 22.2 Å². The van der Waals surface area contributed by atoms with Gasteiger partial charge in [0.05, 0.1) is 0 Å². The van der Waals surface area contributed by atoms with Crippen LogP contribution in [0.3, 0.4) is 0 Å². The highest BCUT2D eigenvalue weighted by Gasteiger charge is 2.36. The molecular formula is C40H39N5O6. The number of benzene rings is 4. The number of likely N-dealkylation sites (tertiary alicyclic amines) is 2. The fourth-order valence-electron chi connectivity index (χ4n) is 6.66. The maximum Gasteiger partial charge on any atom is 0.410 e. The number of nitrogens with zero attached hydrogens (tertiary/aromatic N) is 2.